The van der Waals surface area contributed by atoms with Gasteiger partial charge in [0, 0.05) is 36.5 Å². The first-order valence-electron chi connectivity index (χ1n) is 15.0. The summed E-state index contributed by atoms with van der Waals surface area (Å²) in [7, 11) is 0. The monoisotopic (exact) mass is 592 g/mol. The highest BCUT2D eigenvalue weighted by molar-refractivity contribution is 5.75. The Balaban J connectivity index is 1.13. The van der Waals surface area contributed by atoms with Crippen LogP contribution in [0.3, 0.4) is 0 Å². The van der Waals surface area contributed by atoms with Gasteiger partial charge in [0.05, 0.1) is 11.5 Å². The van der Waals surface area contributed by atoms with E-state index in [9.17, 15) is 22.8 Å². The van der Waals surface area contributed by atoms with Gasteiger partial charge in [-0.25, -0.2) is 4.79 Å². The average Bonchev–Trinajstić information content (AvgIpc) is 3.30. The Kier molecular flexibility index (Phi) is 8.16. The predicted molar refractivity (Wildman–Crippen MR) is 153 cm³/mol. The van der Waals surface area contributed by atoms with Crippen LogP contribution in [0, 0.1) is 29.6 Å². The van der Waals surface area contributed by atoms with Crippen molar-refractivity contribution in [3.8, 4) is 11.1 Å². The number of hydrogen-bond donors (Lipinski definition) is 0. The standard InChI is InChI=1S/C34H35F3N2O4/c1-21-31-29(13-12-27-11-10-24(18-38-27)23-8-5-9-26(16-23)34(35,36)37)28-14-15-39(19-25(28)17-30(31)32(40)43-21)33(41)42-20-22-6-3-2-4-7-22/h2-11,16,18,21,25,28-31H,12-15,17,19-20H2,1H3. The van der Waals surface area contributed by atoms with Crippen LogP contribution >= 0.6 is 0 Å². The number of hydrogen-bond acceptors (Lipinski definition) is 5. The molecule has 3 aliphatic rings. The SMILES string of the molecule is CC1OC(=O)C2CC3CN(C(=O)OCc4ccccc4)CCC3C(CCc3ccc(-c4cccc(C(F)(F)F)c4)cn3)C12. The highest BCUT2D eigenvalue weighted by Gasteiger charge is 2.55. The van der Waals surface area contributed by atoms with Gasteiger partial charge in [-0.15, -0.1) is 0 Å². The Morgan fingerprint density at radius 1 is 1.07 bits per heavy atom. The number of aromatic nitrogens is 1. The third-order valence-electron chi connectivity index (χ3n) is 9.55. The zero-order chi connectivity index (χ0) is 30.1. The van der Waals surface area contributed by atoms with Gasteiger partial charge in [-0.2, -0.15) is 13.2 Å². The lowest BCUT2D eigenvalue weighted by molar-refractivity contribution is -0.144. The smallest absolute Gasteiger partial charge is 0.416 e. The van der Waals surface area contributed by atoms with Crippen LogP contribution in [0.4, 0.5) is 18.0 Å². The molecule has 0 spiro atoms. The maximum absolute atomic E-state index is 13.2. The van der Waals surface area contributed by atoms with Gasteiger partial charge in [0.2, 0.25) is 0 Å². The van der Waals surface area contributed by atoms with E-state index in [-0.39, 0.29) is 48.4 Å². The van der Waals surface area contributed by atoms with Crippen molar-refractivity contribution in [2.75, 3.05) is 13.1 Å². The van der Waals surface area contributed by atoms with Crippen molar-refractivity contribution in [2.45, 2.75) is 51.5 Å². The number of aryl methyl sites for hydroxylation is 1. The van der Waals surface area contributed by atoms with Crippen molar-refractivity contribution >= 4 is 12.1 Å². The number of pyridine rings is 1. The number of amides is 1. The van der Waals surface area contributed by atoms with E-state index in [0.29, 0.717) is 43.0 Å². The summed E-state index contributed by atoms with van der Waals surface area (Å²) < 4.78 is 50.8. The largest absolute Gasteiger partial charge is 0.462 e. The van der Waals surface area contributed by atoms with E-state index in [0.717, 1.165) is 36.2 Å². The Morgan fingerprint density at radius 3 is 2.63 bits per heavy atom. The number of alkyl halides is 3. The molecule has 0 bridgehead atoms. The summed E-state index contributed by atoms with van der Waals surface area (Å²) in [6.07, 6.45) is -0.214. The van der Waals surface area contributed by atoms with Gasteiger partial charge in [-0.1, -0.05) is 48.5 Å². The second-order valence-corrected chi connectivity index (χ2v) is 12.1. The molecule has 3 fully saturated rings. The topological polar surface area (TPSA) is 68.7 Å². The highest BCUT2D eigenvalue weighted by Crippen LogP contribution is 2.52. The third-order valence-corrected chi connectivity index (χ3v) is 9.55. The normalized spacial score (nSPS) is 26.8. The molecule has 9 heteroatoms. The second-order valence-electron chi connectivity index (χ2n) is 12.1. The van der Waals surface area contributed by atoms with Crippen LogP contribution in [-0.4, -0.2) is 41.1 Å². The van der Waals surface area contributed by atoms with Crippen LogP contribution in [0.5, 0.6) is 0 Å². The molecular weight excluding hydrogens is 557 g/mol. The molecule has 3 heterocycles. The number of rotatable bonds is 6. The number of cyclic esters (lactones) is 1. The number of carbonyl (C=O) groups is 2. The van der Waals surface area contributed by atoms with Crippen LogP contribution < -0.4 is 0 Å². The fraction of sp³-hybridized carbons (Fsp3) is 0.441. The molecule has 6 atom stereocenters. The fourth-order valence-electron chi connectivity index (χ4n) is 7.52. The Hall–Kier alpha value is -3.88. The number of benzene rings is 2. The van der Waals surface area contributed by atoms with Crippen LogP contribution in [0.1, 0.15) is 43.0 Å². The molecule has 1 aromatic heterocycles. The van der Waals surface area contributed by atoms with Crippen molar-refractivity contribution in [2.24, 2.45) is 29.6 Å². The predicted octanol–water partition coefficient (Wildman–Crippen LogP) is 7.17. The lowest BCUT2D eigenvalue weighted by Gasteiger charge is -2.49. The molecule has 6 unspecified atom stereocenters. The molecule has 2 saturated heterocycles. The minimum Gasteiger partial charge on any atom is -0.462 e. The van der Waals surface area contributed by atoms with Crippen LogP contribution in [0.25, 0.3) is 11.1 Å². The van der Waals surface area contributed by atoms with Gasteiger partial charge in [-0.3, -0.25) is 9.78 Å². The molecule has 2 aliphatic heterocycles. The molecule has 1 saturated carbocycles. The summed E-state index contributed by atoms with van der Waals surface area (Å²) in [6.45, 7) is 3.37. The molecule has 3 aromatic rings. The van der Waals surface area contributed by atoms with Gasteiger partial charge in [0.15, 0.2) is 0 Å². The van der Waals surface area contributed by atoms with Gasteiger partial charge in [0.1, 0.15) is 12.7 Å². The zero-order valence-electron chi connectivity index (χ0n) is 24.0. The first-order chi connectivity index (χ1) is 20.7. The lowest BCUT2D eigenvalue weighted by atomic mass is 9.58. The van der Waals surface area contributed by atoms with E-state index >= 15 is 0 Å². The first-order valence-corrected chi connectivity index (χ1v) is 15.0. The number of esters is 1. The summed E-state index contributed by atoms with van der Waals surface area (Å²) >= 11 is 0. The van der Waals surface area contributed by atoms with Crippen LogP contribution in [0.15, 0.2) is 72.9 Å². The summed E-state index contributed by atoms with van der Waals surface area (Å²) in [6, 6.07) is 18.5. The maximum Gasteiger partial charge on any atom is 0.416 e. The Morgan fingerprint density at radius 2 is 1.88 bits per heavy atom. The third kappa shape index (κ3) is 6.26. The molecule has 1 amide bonds. The van der Waals surface area contributed by atoms with Gasteiger partial charge < -0.3 is 14.4 Å². The summed E-state index contributed by atoms with van der Waals surface area (Å²) in [5, 5.41) is 0. The van der Waals surface area contributed by atoms with E-state index in [2.05, 4.69) is 4.98 Å². The summed E-state index contributed by atoms with van der Waals surface area (Å²) in [5.41, 5.74) is 2.20. The zero-order valence-corrected chi connectivity index (χ0v) is 24.0. The molecule has 1 aliphatic carbocycles. The number of halogens is 3. The maximum atomic E-state index is 13.2. The Labute approximate surface area is 249 Å². The van der Waals surface area contributed by atoms with Crippen LogP contribution in [-0.2, 0) is 33.5 Å². The molecule has 0 N–H and O–H groups in total. The van der Waals surface area contributed by atoms with Crippen molar-refractivity contribution in [1.29, 1.82) is 0 Å². The van der Waals surface area contributed by atoms with Crippen molar-refractivity contribution in [3.63, 3.8) is 0 Å². The van der Waals surface area contributed by atoms with Crippen molar-refractivity contribution < 1.29 is 32.2 Å². The minimum absolute atomic E-state index is 0.120. The Bertz CT molecular complexity index is 1450. The molecule has 2 aromatic carbocycles. The molecule has 6 rings (SSSR count). The number of ether oxygens (including phenoxy) is 2. The van der Waals surface area contributed by atoms with Gasteiger partial charge >= 0.3 is 18.2 Å². The van der Waals surface area contributed by atoms with Gasteiger partial charge in [0.25, 0.3) is 0 Å². The van der Waals surface area contributed by atoms with E-state index in [1.807, 2.05) is 49.4 Å². The molecule has 0 radical (unpaired) electrons. The quantitative estimate of drug-likeness (QED) is 0.284. The van der Waals surface area contributed by atoms with Gasteiger partial charge in [-0.05, 0) is 79.7 Å². The number of carbonyl (C=O) groups excluding carboxylic acids is 2. The second kappa shape index (κ2) is 12.0. The molecular formula is C34H35F3N2O4. The van der Waals surface area contributed by atoms with E-state index in [4.69, 9.17) is 9.47 Å². The number of nitrogens with zero attached hydrogens (tertiary/aromatic N) is 2. The highest BCUT2D eigenvalue weighted by atomic mass is 19.4. The van der Waals surface area contributed by atoms with E-state index in [1.54, 1.807) is 17.2 Å². The summed E-state index contributed by atoms with van der Waals surface area (Å²) in [4.78, 5) is 32.1. The molecule has 226 valence electrons. The van der Waals surface area contributed by atoms with Crippen molar-refractivity contribution in [1.82, 2.24) is 9.88 Å². The van der Waals surface area contributed by atoms with E-state index in [1.165, 1.54) is 6.07 Å². The number of likely N-dealkylation sites (tertiary alicyclic amines) is 1. The number of piperidine rings is 1. The lowest BCUT2D eigenvalue weighted by Crippen LogP contribution is -2.52. The van der Waals surface area contributed by atoms with Crippen LogP contribution in [0.2, 0.25) is 0 Å². The van der Waals surface area contributed by atoms with E-state index < -0.39 is 11.7 Å². The molecule has 43 heavy (non-hydrogen) atoms. The first kappa shape index (κ1) is 29.2. The number of fused-ring (bicyclic) bond motifs is 2. The fourth-order valence-corrected chi connectivity index (χ4v) is 7.52. The average molecular weight is 593 g/mol. The molecule has 6 nitrogen and oxygen atoms in total. The summed E-state index contributed by atoms with van der Waals surface area (Å²) in [5.74, 6) is 0.553. The minimum atomic E-state index is -4.40. The van der Waals surface area contributed by atoms with Crippen molar-refractivity contribution in [3.05, 3.63) is 89.7 Å².